The molecular weight excluding hydrogens is 276 g/mol. The third kappa shape index (κ3) is 1.98. The maximum Gasteiger partial charge on any atom is 0.299 e. The van der Waals surface area contributed by atoms with E-state index in [1.54, 1.807) is 18.3 Å². The maximum absolute atomic E-state index is 12.1. The number of halogens is 1. The van der Waals surface area contributed by atoms with Crippen LogP contribution in [0.3, 0.4) is 0 Å². The highest BCUT2D eigenvalue weighted by Crippen LogP contribution is 2.32. The number of fused-ring (bicyclic) bond motifs is 1. The molecule has 1 aliphatic heterocycles. The number of nitrogens with zero attached hydrogens (tertiary/aromatic N) is 2. The normalized spacial score (nSPS) is 13.8. The summed E-state index contributed by atoms with van der Waals surface area (Å²) in [7, 11) is 0. The number of carbonyl (C=O) groups excluding carboxylic acids is 2. The lowest BCUT2D eigenvalue weighted by atomic mass is 10.1. The molecule has 20 heavy (non-hydrogen) atoms. The quantitative estimate of drug-likeness (QED) is 0.798. The number of amides is 1. The summed E-state index contributed by atoms with van der Waals surface area (Å²) in [4.78, 5) is 29.8. The second-order valence-corrected chi connectivity index (χ2v) is 5.09. The van der Waals surface area contributed by atoms with Crippen molar-refractivity contribution in [2.45, 2.75) is 13.5 Å². The first-order valence-corrected chi connectivity index (χ1v) is 6.52. The van der Waals surface area contributed by atoms with E-state index in [1.165, 1.54) is 11.0 Å². The zero-order chi connectivity index (χ0) is 14.3. The van der Waals surface area contributed by atoms with Gasteiger partial charge < -0.3 is 0 Å². The Labute approximate surface area is 121 Å². The number of rotatable bonds is 2. The van der Waals surface area contributed by atoms with E-state index < -0.39 is 11.7 Å². The van der Waals surface area contributed by atoms with Crippen molar-refractivity contribution in [2.24, 2.45) is 0 Å². The summed E-state index contributed by atoms with van der Waals surface area (Å²) < 4.78 is 0. The Morgan fingerprint density at radius 2 is 2.05 bits per heavy atom. The van der Waals surface area contributed by atoms with Crippen molar-refractivity contribution in [3.05, 3.63) is 58.4 Å². The molecule has 0 saturated heterocycles. The van der Waals surface area contributed by atoms with Crippen LogP contribution in [0, 0.1) is 6.92 Å². The number of ketones is 1. The van der Waals surface area contributed by atoms with E-state index in [4.69, 9.17) is 11.6 Å². The number of aryl methyl sites for hydroxylation is 1. The first kappa shape index (κ1) is 12.8. The molecule has 2 heterocycles. The van der Waals surface area contributed by atoms with E-state index >= 15 is 0 Å². The standard InChI is InChI=1S/C15H11ClN2O2/c1-9-3-2-6-17-12(9)8-18-13-5-4-10(16)7-11(13)14(19)15(18)20/h2-7H,8H2,1H3. The molecule has 0 atom stereocenters. The maximum atomic E-state index is 12.1. The van der Waals surface area contributed by atoms with Gasteiger partial charge in [-0.2, -0.15) is 0 Å². The van der Waals surface area contributed by atoms with Crippen LogP contribution in [0.1, 0.15) is 21.6 Å². The molecule has 0 radical (unpaired) electrons. The van der Waals surface area contributed by atoms with E-state index in [2.05, 4.69) is 4.98 Å². The number of hydrogen-bond acceptors (Lipinski definition) is 3. The summed E-state index contributed by atoms with van der Waals surface area (Å²) in [6, 6.07) is 8.66. The number of pyridine rings is 1. The molecule has 2 aromatic rings. The average molecular weight is 287 g/mol. The molecule has 0 unspecified atom stereocenters. The van der Waals surface area contributed by atoms with Crippen LogP contribution in [0.25, 0.3) is 0 Å². The van der Waals surface area contributed by atoms with Crippen molar-refractivity contribution < 1.29 is 9.59 Å². The molecule has 100 valence electrons. The van der Waals surface area contributed by atoms with Crippen molar-refractivity contribution in [1.29, 1.82) is 0 Å². The summed E-state index contributed by atoms with van der Waals surface area (Å²) in [5.41, 5.74) is 2.71. The van der Waals surface area contributed by atoms with Gasteiger partial charge in [-0.15, -0.1) is 0 Å². The molecule has 0 fully saturated rings. The molecule has 1 aliphatic rings. The highest BCUT2D eigenvalue weighted by atomic mass is 35.5. The van der Waals surface area contributed by atoms with Crippen molar-refractivity contribution in [1.82, 2.24) is 4.98 Å². The largest absolute Gasteiger partial charge is 0.299 e. The Bertz CT molecular complexity index is 728. The predicted molar refractivity (Wildman–Crippen MR) is 75.9 cm³/mol. The lowest BCUT2D eigenvalue weighted by Gasteiger charge is -2.17. The molecule has 0 spiro atoms. The molecule has 5 heteroatoms. The van der Waals surface area contributed by atoms with Gasteiger partial charge in [-0.1, -0.05) is 17.7 Å². The van der Waals surface area contributed by atoms with E-state index in [0.29, 0.717) is 16.3 Å². The molecule has 1 aromatic carbocycles. The number of carbonyl (C=O) groups is 2. The second-order valence-electron chi connectivity index (χ2n) is 4.65. The highest BCUT2D eigenvalue weighted by molar-refractivity contribution is 6.52. The first-order valence-electron chi connectivity index (χ1n) is 6.14. The molecule has 0 bridgehead atoms. The molecule has 3 rings (SSSR count). The van der Waals surface area contributed by atoms with E-state index in [-0.39, 0.29) is 6.54 Å². The van der Waals surface area contributed by atoms with Crippen LogP contribution in [-0.4, -0.2) is 16.7 Å². The van der Waals surface area contributed by atoms with Gasteiger partial charge in [0.15, 0.2) is 0 Å². The molecule has 1 amide bonds. The molecule has 4 nitrogen and oxygen atoms in total. The van der Waals surface area contributed by atoms with E-state index in [0.717, 1.165) is 11.3 Å². The Hall–Kier alpha value is -2.20. The third-order valence-electron chi connectivity index (χ3n) is 3.36. The number of anilines is 1. The van der Waals surface area contributed by atoms with Crippen LogP contribution in [0.15, 0.2) is 36.5 Å². The number of aromatic nitrogens is 1. The third-order valence-corrected chi connectivity index (χ3v) is 3.59. The molecule has 0 aliphatic carbocycles. The van der Waals surface area contributed by atoms with Crippen molar-refractivity contribution >= 4 is 29.0 Å². The summed E-state index contributed by atoms with van der Waals surface area (Å²) >= 11 is 5.88. The number of hydrogen-bond donors (Lipinski definition) is 0. The molecule has 0 N–H and O–H groups in total. The van der Waals surface area contributed by atoms with Crippen LogP contribution < -0.4 is 4.90 Å². The lowest BCUT2D eigenvalue weighted by molar-refractivity contribution is -0.114. The fourth-order valence-corrected chi connectivity index (χ4v) is 2.44. The average Bonchev–Trinajstić information content (AvgIpc) is 2.66. The van der Waals surface area contributed by atoms with Gasteiger partial charge in [0.2, 0.25) is 0 Å². The van der Waals surface area contributed by atoms with Crippen molar-refractivity contribution in [2.75, 3.05) is 4.90 Å². The predicted octanol–water partition coefficient (Wildman–Crippen LogP) is 2.77. The number of Topliss-reactive ketones (excluding diaryl/α,β-unsaturated/α-hetero) is 1. The highest BCUT2D eigenvalue weighted by Gasteiger charge is 2.36. The topological polar surface area (TPSA) is 50.3 Å². The second kappa shape index (κ2) is 4.72. The van der Waals surface area contributed by atoms with Crippen molar-refractivity contribution in [3.63, 3.8) is 0 Å². The summed E-state index contributed by atoms with van der Waals surface area (Å²) in [5, 5.41) is 0.445. The van der Waals surface area contributed by atoms with Crippen molar-refractivity contribution in [3.8, 4) is 0 Å². The zero-order valence-corrected chi connectivity index (χ0v) is 11.5. The fraction of sp³-hybridized carbons (Fsp3) is 0.133. The summed E-state index contributed by atoms with van der Waals surface area (Å²) in [5.74, 6) is -1.05. The minimum atomic E-state index is -0.535. The zero-order valence-electron chi connectivity index (χ0n) is 10.8. The minimum absolute atomic E-state index is 0.284. The van der Waals surface area contributed by atoms with Crippen LogP contribution in [0.5, 0.6) is 0 Å². The Kier molecular flexibility index (Phi) is 3.03. The van der Waals surface area contributed by atoms with Crippen LogP contribution in [-0.2, 0) is 11.3 Å². The van der Waals surface area contributed by atoms with Gasteiger partial charge in [0.05, 0.1) is 23.5 Å². The summed E-state index contributed by atoms with van der Waals surface area (Å²) in [6.45, 7) is 2.21. The summed E-state index contributed by atoms with van der Waals surface area (Å²) in [6.07, 6.45) is 1.67. The van der Waals surface area contributed by atoms with E-state index in [1.807, 2.05) is 19.1 Å². The van der Waals surface area contributed by atoms with Crippen LogP contribution in [0.2, 0.25) is 5.02 Å². The lowest BCUT2D eigenvalue weighted by Crippen LogP contribution is -2.29. The SMILES string of the molecule is Cc1cccnc1CN1C(=O)C(=O)c2cc(Cl)ccc21. The van der Waals surface area contributed by atoms with Crippen LogP contribution >= 0.6 is 11.6 Å². The molecule has 0 saturated carbocycles. The van der Waals surface area contributed by atoms with Crippen LogP contribution in [0.4, 0.5) is 5.69 Å². The van der Waals surface area contributed by atoms with Gasteiger partial charge in [0.25, 0.3) is 11.7 Å². The molecular formula is C15H11ClN2O2. The van der Waals surface area contributed by atoms with Gasteiger partial charge in [-0.25, -0.2) is 0 Å². The van der Waals surface area contributed by atoms with Gasteiger partial charge in [0, 0.05) is 11.2 Å². The first-order chi connectivity index (χ1) is 9.58. The van der Waals surface area contributed by atoms with Gasteiger partial charge in [-0.3, -0.25) is 19.5 Å². The van der Waals surface area contributed by atoms with Gasteiger partial charge in [-0.05, 0) is 36.8 Å². The molecule has 1 aromatic heterocycles. The Morgan fingerprint density at radius 1 is 1.25 bits per heavy atom. The van der Waals surface area contributed by atoms with Gasteiger partial charge >= 0.3 is 0 Å². The minimum Gasteiger partial charge on any atom is -0.299 e. The smallest absolute Gasteiger partial charge is 0.299 e. The number of benzene rings is 1. The van der Waals surface area contributed by atoms with Gasteiger partial charge in [0.1, 0.15) is 0 Å². The fourth-order valence-electron chi connectivity index (χ4n) is 2.26. The monoisotopic (exact) mass is 286 g/mol. The Morgan fingerprint density at radius 3 is 2.80 bits per heavy atom. The van der Waals surface area contributed by atoms with E-state index in [9.17, 15) is 9.59 Å². The Balaban J connectivity index is 2.02.